The Morgan fingerprint density at radius 3 is 2.93 bits per heavy atom. The highest BCUT2D eigenvalue weighted by atomic mass is 35.5. The summed E-state index contributed by atoms with van der Waals surface area (Å²) in [7, 11) is 0. The fourth-order valence-corrected chi connectivity index (χ4v) is 2.37. The van der Waals surface area contributed by atoms with Crippen LogP contribution in [0.3, 0.4) is 0 Å². The molecule has 0 aliphatic carbocycles. The maximum absolute atomic E-state index is 9.08. The molecule has 1 atom stereocenters. The number of hydrogen-bond donors (Lipinski definition) is 0. The molecule has 1 aliphatic rings. The van der Waals surface area contributed by atoms with Gasteiger partial charge in [0.05, 0.1) is 16.3 Å². The number of nitriles is 1. The Morgan fingerprint density at radius 1 is 1.53 bits per heavy atom. The number of nitrogens with zero attached hydrogens (tertiary/aromatic N) is 2. The molecule has 0 amide bonds. The van der Waals surface area contributed by atoms with Gasteiger partial charge in [0, 0.05) is 12.6 Å². The lowest BCUT2D eigenvalue weighted by Gasteiger charge is -2.25. The van der Waals surface area contributed by atoms with Gasteiger partial charge in [-0.15, -0.1) is 0 Å². The summed E-state index contributed by atoms with van der Waals surface area (Å²) in [6.45, 7) is 3.21. The Balaban J connectivity index is 2.44. The normalized spacial score (nSPS) is 20.3. The van der Waals surface area contributed by atoms with Crippen molar-refractivity contribution in [1.29, 1.82) is 5.26 Å². The Labute approximate surface area is 95.1 Å². The van der Waals surface area contributed by atoms with E-state index in [0.29, 0.717) is 16.6 Å². The van der Waals surface area contributed by atoms with Crippen LogP contribution in [0.1, 0.15) is 25.3 Å². The molecular weight excluding hydrogens is 208 g/mol. The molecule has 2 rings (SSSR count). The summed E-state index contributed by atoms with van der Waals surface area (Å²) in [4.78, 5) is 2.27. The molecule has 0 spiro atoms. The van der Waals surface area contributed by atoms with E-state index in [2.05, 4.69) is 17.9 Å². The molecule has 0 saturated carbocycles. The predicted molar refractivity (Wildman–Crippen MR) is 62.2 cm³/mol. The second-order valence-corrected chi connectivity index (χ2v) is 4.34. The van der Waals surface area contributed by atoms with E-state index >= 15 is 0 Å². The van der Waals surface area contributed by atoms with Crippen LogP contribution in [0.25, 0.3) is 0 Å². The van der Waals surface area contributed by atoms with Crippen molar-refractivity contribution in [2.24, 2.45) is 0 Å². The maximum Gasteiger partial charge on any atom is 0.103 e. The number of hydrogen-bond acceptors (Lipinski definition) is 2. The third kappa shape index (κ3) is 1.80. The van der Waals surface area contributed by atoms with Crippen molar-refractivity contribution in [3.05, 3.63) is 28.8 Å². The lowest BCUT2D eigenvalue weighted by molar-refractivity contribution is 0.734. The summed E-state index contributed by atoms with van der Waals surface area (Å²) in [6, 6.07) is 8.35. The first kappa shape index (κ1) is 10.3. The van der Waals surface area contributed by atoms with Crippen LogP contribution < -0.4 is 4.90 Å². The molecule has 1 heterocycles. The van der Waals surface area contributed by atoms with Gasteiger partial charge < -0.3 is 4.90 Å². The molecule has 1 unspecified atom stereocenters. The van der Waals surface area contributed by atoms with Gasteiger partial charge in [-0.05, 0) is 31.9 Å². The average Bonchev–Trinajstić information content (AvgIpc) is 2.64. The predicted octanol–water partition coefficient (Wildman–Crippen LogP) is 3.20. The van der Waals surface area contributed by atoms with Gasteiger partial charge in [0.15, 0.2) is 0 Å². The minimum atomic E-state index is 0.510. The Kier molecular flexibility index (Phi) is 2.83. The fourth-order valence-electron chi connectivity index (χ4n) is 2.15. The monoisotopic (exact) mass is 220 g/mol. The molecule has 15 heavy (non-hydrogen) atoms. The van der Waals surface area contributed by atoms with Crippen LogP contribution in [0.5, 0.6) is 0 Å². The highest BCUT2D eigenvalue weighted by Gasteiger charge is 2.23. The van der Waals surface area contributed by atoms with Crippen LogP contribution in [-0.2, 0) is 0 Å². The van der Waals surface area contributed by atoms with E-state index in [1.54, 1.807) is 6.07 Å². The molecule has 1 aromatic carbocycles. The Hall–Kier alpha value is -1.20. The summed E-state index contributed by atoms with van der Waals surface area (Å²) in [5.41, 5.74) is 1.59. The van der Waals surface area contributed by atoms with Crippen LogP contribution in [0.4, 0.5) is 5.69 Å². The molecule has 1 fully saturated rings. The van der Waals surface area contributed by atoms with E-state index in [-0.39, 0.29) is 0 Å². The quantitative estimate of drug-likeness (QED) is 0.727. The van der Waals surface area contributed by atoms with Crippen molar-refractivity contribution in [3.63, 3.8) is 0 Å². The minimum Gasteiger partial charge on any atom is -0.368 e. The van der Waals surface area contributed by atoms with Gasteiger partial charge in [-0.3, -0.25) is 0 Å². The Bertz CT molecular complexity index is 409. The highest BCUT2D eigenvalue weighted by molar-refractivity contribution is 6.32. The van der Waals surface area contributed by atoms with E-state index in [9.17, 15) is 0 Å². The molecule has 1 saturated heterocycles. The van der Waals surface area contributed by atoms with Gasteiger partial charge in [-0.25, -0.2) is 0 Å². The molecule has 1 aliphatic heterocycles. The number of halogens is 1. The molecule has 0 radical (unpaired) electrons. The maximum atomic E-state index is 9.08. The summed E-state index contributed by atoms with van der Waals surface area (Å²) in [6.07, 6.45) is 2.38. The smallest absolute Gasteiger partial charge is 0.103 e. The summed E-state index contributed by atoms with van der Waals surface area (Å²) < 4.78 is 0. The first-order chi connectivity index (χ1) is 7.24. The van der Waals surface area contributed by atoms with Gasteiger partial charge in [0.25, 0.3) is 0 Å². The molecular formula is C12H13ClN2. The minimum absolute atomic E-state index is 0.510. The molecule has 0 bridgehead atoms. The van der Waals surface area contributed by atoms with Gasteiger partial charge in [0.2, 0.25) is 0 Å². The molecule has 3 heteroatoms. The molecule has 0 N–H and O–H groups in total. The van der Waals surface area contributed by atoms with E-state index in [1.807, 2.05) is 12.1 Å². The van der Waals surface area contributed by atoms with Crippen molar-refractivity contribution in [3.8, 4) is 6.07 Å². The van der Waals surface area contributed by atoms with Crippen molar-refractivity contribution < 1.29 is 0 Å². The van der Waals surface area contributed by atoms with Crippen LogP contribution in [0.15, 0.2) is 18.2 Å². The first-order valence-electron chi connectivity index (χ1n) is 5.19. The number of rotatable bonds is 1. The Morgan fingerprint density at radius 2 is 2.33 bits per heavy atom. The lowest BCUT2D eigenvalue weighted by Crippen LogP contribution is -2.27. The first-order valence-corrected chi connectivity index (χ1v) is 5.57. The topological polar surface area (TPSA) is 27.0 Å². The van der Waals surface area contributed by atoms with Crippen molar-refractivity contribution in [2.75, 3.05) is 11.4 Å². The lowest BCUT2D eigenvalue weighted by atomic mass is 10.1. The second kappa shape index (κ2) is 4.12. The van der Waals surface area contributed by atoms with E-state index < -0.39 is 0 Å². The zero-order valence-corrected chi connectivity index (χ0v) is 9.46. The molecule has 1 aromatic rings. The van der Waals surface area contributed by atoms with Crippen LogP contribution >= 0.6 is 11.6 Å². The van der Waals surface area contributed by atoms with Crippen molar-refractivity contribution in [2.45, 2.75) is 25.8 Å². The largest absolute Gasteiger partial charge is 0.368 e. The third-order valence-corrected chi connectivity index (χ3v) is 3.28. The van der Waals surface area contributed by atoms with E-state index in [1.165, 1.54) is 12.8 Å². The third-order valence-electron chi connectivity index (χ3n) is 2.97. The zero-order chi connectivity index (χ0) is 10.8. The summed E-state index contributed by atoms with van der Waals surface area (Å²) >= 11 is 6.01. The zero-order valence-electron chi connectivity index (χ0n) is 8.70. The van der Waals surface area contributed by atoms with Crippen LogP contribution in [0, 0.1) is 11.3 Å². The van der Waals surface area contributed by atoms with Gasteiger partial charge in [-0.1, -0.05) is 17.7 Å². The fraction of sp³-hybridized carbons (Fsp3) is 0.417. The highest BCUT2D eigenvalue weighted by Crippen LogP contribution is 2.31. The SMILES string of the molecule is CC1CCCN1c1cccc(Cl)c1C#N. The second-order valence-electron chi connectivity index (χ2n) is 3.93. The number of benzene rings is 1. The molecule has 2 nitrogen and oxygen atoms in total. The molecule has 78 valence electrons. The van der Waals surface area contributed by atoms with Crippen molar-refractivity contribution in [1.82, 2.24) is 0 Å². The van der Waals surface area contributed by atoms with Gasteiger partial charge in [-0.2, -0.15) is 5.26 Å². The van der Waals surface area contributed by atoms with E-state index in [0.717, 1.165) is 12.2 Å². The summed E-state index contributed by atoms with van der Waals surface area (Å²) in [5.74, 6) is 0. The van der Waals surface area contributed by atoms with Crippen LogP contribution in [0.2, 0.25) is 5.02 Å². The van der Waals surface area contributed by atoms with Crippen molar-refractivity contribution >= 4 is 17.3 Å². The van der Waals surface area contributed by atoms with Crippen LogP contribution in [-0.4, -0.2) is 12.6 Å². The van der Waals surface area contributed by atoms with Gasteiger partial charge in [0.1, 0.15) is 6.07 Å². The number of anilines is 1. The summed E-state index contributed by atoms with van der Waals surface area (Å²) in [5, 5.41) is 9.63. The standard InChI is InChI=1S/C12H13ClN2/c1-9-4-3-7-15(9)12-6-2-5-11(13)10(12)8-14/h2,5-6,9H,3-4,7H2,1H3. The van der Waals surface area contributed by atoms with E-state index in [4.69, 9.17) is 16.9 Å². The van der Waals surface area contributed by atoms with Gasteiger partial charge >= 0.3 is 0 Å². The molecule has 0 aromatic heterocycles. The average molecular weight is 221 g/mol.